The summed E-state index contributed by atoms with van der Waals surface area (Å²) in [6.07, 6.45) is 11.9. The summed E-state index contributed by atoms with van der Waals surface area (Å²) in [5.74, 6) is 2.66. The van der Waals surface area contributed by atoms with E-state index < -0.39 is 0 Å². The van der Waals surface area contributed by atoms with E-state index in [9.17, 15) is 0 Å². The van der Waals surface area contributed by atoms with Crippen LogP contribution in [0.4, 0.5) is 0 Å². The van der Waals surface area contributed by atoms with Gasteiger partial charge in [-0.3, -0.25) is 5.43 Å². The van der Waals surface area contributed by atoms with Crippen molar-refractivity contribution in [3.63, 3.8) is 0 Å². The van der Waals surface area contributed by atoms with E-state index >= 15 is 0 Å². The normalized spacial score (nSPS) is 40.4. The highest BCUT2D eigenvalue weighted by molar-refractivity contribution is 5.11. The van der Waals surface area contributed by atoms with Crippen LogP contribution in [0.3, 0.4) is 0 Å². The number of hydrogen-bond acceptors (Lipinski definition) is 2. The van der Waals surface area contributed by atoms with E-state index in [-0.39, 0.29) is 0 Å². The first-order valence-electron chi connectivity index (χ1n) is 7.02. The molecule has 2 fully saturated rings. The second-order valence-corrected chi connectivity index (χ2v) is 5.91. The van der Waals surface area contributed by atoms with Gasteiger partial charge in [-0.1, -0.05) is 18.6 Å². The van der Waals surface area contributed by atoms with Crippen LogP contribution in [0.15, 0.2) is 12.2 Å². The van der Waals surface area contributed by atoms with Gasteiger partial charge in [0.15, 0.2) is 0 Å². The monoisotopic (exact) mass is 220 g/mol. The molecule has 0 aromatic rings. The molecule has 1 heterocycles. The topological polar surface area (TPSA) is 15.3 Å². The van der Waals surface area contributed by atoms with Gasteiger partial charge in [0, 0.05) is 19.1 Å². The van der Waals surface area contributed by atoms with Crippen molar-refractivity contribution in [1.82, 2.24) is 10.4 Å². The lowest BCUT2D eigenvalue weighted by Gasteiger charge is -2.34. The minimum atomic E-state index is 0.665. The molecule has 3 aliphatic rings. The average molecular weight is 220 g/mol. The van der Waals surface area contributed by atoms with Crippen molar-refractivity contribution in [1.29, 1.82) is 0 Å². The van der Waals surface area contributed by atoms with Crippen LogP contribution in [0.5, 0.6) is 0 Å². The van der Waals surface area contributed by atoms with E-state index in [0.717, 1.165) is 17.8 Å². The minimum Gasteiger partial charge on any atom is -0.252 e. The Morgan fingerprint density at radius 1 is 1.12 bits per heavy atom. The van der Waals surface area contributed by atoms with Crippen LogP contribution in [-0.4, -0.2) is 24.1 Å². The molecule has 0 spiro atoms. The molecule has 0 amide bonds. The quantitative estimate of drug-likeness (QED) is 0.735. The fraction of sp³-hybridized carbons (Fsp3) is 0.857. The van der Waals surface area contributed by atoms with Gasteiger partial charge in [0.25, 0.3) is 0 Å². The van der Waals surface area contributed by atoms with Crippen molar-refractivity contribution in [3.05, 3.63) is 12.2 Å². The molecule has 3 rings (SSSR count). The van der Waals surface area contributed by atoms with Crippen molar-refractivity contribution < 1.29 is 0 Å². The van der Waals surface area contributed by atoms with Crippen molar-refractivity contribution >= 4 is 0 Å². The Morgan fingerprint density at radius 3 is 2.56 bits per heavy atom. The summed E-state index contributed by atoms with van der Waals surface area (Å²) in [6.45, 7) is 4.88. The second-order valence-electron chi connectivity index (χ2n) is 5.91. The molecule has 2 nitrogen and oxygen atoms in total. The van der Waals surface area contributed by atoms with Crippen molar-refractivity contribution in [2.24, 2.45) is 17.8 Å². The highest BCUT2D eigenvalue weighted by atomic mass is 15.5. The lowest BCUT2D eigenvalue weighted by molar-refractivity contribution is 0.107. The molecule has 0 aromatic heterocycles. The Labute approximate surface area is 99.1 Å². The summed E-state index contributed by atoms with van der Waals surface area (Å²) < 4.78 is 0. The Balaban J connectivity index is 1.53. The standard InChI is InChI=1S/C14H24N2/c1-11(15-16-7-3-2-4-8-16)14-10-12-5-6-13(14)9-12/h5-6,11-15H,2-4,7-10H2,1H3. The van der Waals surface area contributed by atoms with Crippen molar-refractivity contribution in [2.45, 2.75) is 45.1 Å². The predicted molar refractivity (Wildman–Crippen MR) is 66.9 cm³/mol. The predicted octanol–water partition coefficient (Wildman–Crippen LogP) is 2.58. The summed E-state index contributed by atoms with van der Waals surface area (Å²) in [4.78, 5) is 0. The van der Waals surface area contributed by atoms with Crippen LogP contribution in [0.25, 0.3) is 0 Å². The molecule has 2 aliphatic carbocycles. The number of fused-ring (bicyclic) bond motifs is 2. The third-order valence-electron chi connectivity index (χ3n) is 4.71. The molecule has 4 atom stereocenters. The van der Waals surface area contributed by atoms with Gasteiger partial charge in [0.2, 0.25) is 0 Å². The highest BCUT2D eigenvalue weighted by Crippen LogP contribution is 2.44. The van der Waals surface area contributed by atoms with Crippen molar-refractivity contribution in [2.75, 3.05) is 13.1 Å². The van der Waals surface area contributed by atoms with E-state index in [1.807, 2.05) is 0 Å². The Hall–Kier alpha value is -0.340. The lowest BCUT2D eigenvalue weighted by Crippen LogP contribution is -2.49. The zero-order chi connectivity index (χ0) is 11.0. The lowest BCUT2D eigenvalue weighted by atomic mass is 9.88. The largest absolute Gasteiger partial charge is 0.252 e. The van der Waals surface area contributed by atoms with Gasteiger partial charge < -0.3 is 0 Å². The number of nitrogens with zero attached hydrogens (tertiary/aromatic N) is 1. The third-order valence-corrected chi connectivity index (χ3v) is 4.71. The van der Waals surface area contributed by atoms with Crippen LogP contribution in [-0.2, 0) is 0 Å². The summed E-state index contributed by atoms with van der Waals surface area (Å²) in [5.41, 5.74) is 3.75. The zero-order valence-electron chi connectivity index (χ0n) is 10.4. The molecule has 0 aromatic carbocycles. The zero-order valence-corrected chi connectivity index (χ0v) is 10.4. The van der Waals surface area contributed by atoms with Gasteiger partial charge in [-0.15, -0.1) is 0 Å². The smallest absolute Gasteiger partial charge is 0.0221 e. The average Bonchev–Trinajstić information content (AvgIpc) is 2.92. The molecule has 1 N–H and O–H groups in total. The van der Waals surface area contributed by atoms with Crippen LogP contribution in [0, 0.1) is 17.8 Å². The number of nitrogens with one attached hydrogen (secondary N) is 1. The molecule has 1 saturated heterocycles. The van der Waals surface area contributed by atoms with E-state index in [2.05, 4.69) is 29.5 Å². The van der Waals surface area contributed by atoms with Crippen LogP contribution in [0.1, 0.15) is 39.0 Å². The summed E-state index contributed by atoms with van der Waals surface area (Å²) in [7, 11) is 0. The Bertz CT molecular complexity index is 268. The fourth-order valence-electron chi connectivity index (χ4n) is 3.80. The van der Waals surface area contributed by atoms with Gasteiger partial charge >= 0.3 is 0 Å². The van der Waals surface area contributed by atoms with Crippen LogP contribution < -0.4 is 5.43 Å². The molecule has 90 valence electrons. The molecule has 1 aliphatic heterocycles. The van der Waals surface area contributed by atoms with E-state index in [1.165, 1.54) is 45.2 Å². The van der Waals surface area contributed by atoms with Crippen LogP contribution >= 0.6 is 0 Å². The maximum atomic E-state index is 3.75. The van der Waals surface area contributed by atoms with Gasteiger partial charge in [-0.05, 0) is 50.4 Å². The first-order valence-corrected chi connectivity index (χ1v) is 7.02. The summed E-state index contributed by atoms with van der Waals surface area (Å²) in [6, 6.07) is 0.665. The van der Waals surface area contributed by atoms with Gasteiger partial charge in [0.1, 0.15) is 0 Å². The molecule has 4 unspecified atom stereocenters. The first-order chi connectivity index (χ1) is 7.83. The van der Waals surface area contributed by atoms with Gasteiger partial charge in [0.05, 0.1) is 0 Å². The molecule has 2 bridgehead atoms. The Kier molecular flexibility index (Phi) is 3.03. The SMILES string of the molecule is CC(NN1CCCCC1)C1CC2C=CC1C2. The molecule has 0 radical (unpaired) electrons. The third kappa shape index (κ3) is 2.05. The molecular weight excluding hydrogens is 196 g/mol. The number of piperidine rings is 1. The summed E-state index contributed by atoms with van der Waals surface area (Å²) in [5, 5.41) is 2.46. The highest BCUT2D eigenvalue weighted by Gasteiger charge is 2.38. The maximum absolute atomic E-state index is 3.75. The van der Waals surface area contributed by atoms with Crippen LogP contribution in [0.2, 0.25) is 0 Å². The number of rotatable bonds is 3. The molecule has 16 heavy (non-hydrogen) atoms. The summed E-state index contributed by atoms with van der Waals surface area (Å²) >= 11 is 0. The van der Waals surface area contributed by atoms with Gasteiger partial charge in [-0.25, -0.2) is 5.01 Å². The fourth-order valence-corrected chi connectivity index (χ4v) is 3.80. The van der Waals surface area contributed by atoms with Gasteiger partial charge in [-0.2, -0.15) is 0 Å². The minimum absolute atomic E-state index is 0.665. The molecule has 1 saturated carbocycles. The number of allylic oxidation sites excluding steroid dienone is 2. The number of hydrogen-bond donors (Lipinski definition) is 1. The van der Waals surface area contributed by atoms with E-state index in [4.69, 9.17) is 0 Å². The van der Waals surface area contributed by atoms with Crippen molar-refractivity contribution in [3.8, 4) is 0 Å². The van der Waals surface area contributed by atoms with E-state index in [0.29, 0.717) is 6.04 Å². The molecular formula is C14H24N2. The first kappa shape index (κ1) is 10.8. The second kappa shape index (κ2) is 4.50. The Morgan fingerprint density at radius 2 is 1.94 bits per heavy atom. The number of hydrazine groups is 1. The molecule has 2 heteroatoms. The maximum Gasteiger partial charge on any atom is 0.0221 e. The van der Waals surface area contributed by atoms with E-state index in [1.54, 1.807) is 0 Å².